The summed E-state index contributed by atoms with van der Waals surface area (Å²) < 4.78 is 7.92. The van der Waals surface area contributed by atoms with Crippen molar-refractivity contribution in [3.63, 3.8) is 0 Å². The van der Waals surface area contributed by atoms with E-state index in [2.05, 4.69) is 10.1 Å². The molecule has 0 bridgehead atoms. The minimum Gasteiger partial charge on any atom is -0.485 e. The molecule has 0 spiro atoms. The molecule has 0 aliphatic carbocycles. The molecule has 1 atom stereocenters. The molecule has 3 heterocycles. The molecule has 1 fully saturated rings. The topological polar surface area (TPSA) is 63.5 Å². The summed E-state index contributed by atoms with van der Waals surface area (Å²) in [7, 11) is 5.78. The number of nitrogens with zero attached hydrogens (tertiary/aromatic N) is 5. The number of aryl methyl sites for hydroxylation is 2. The van der Waals surface area contributed by atoms with Crippen molar-refractivity contribution >= 4 is 11.7 Å². The van der Waals surface area contributed by atoms with E-state index >= 15 is 0 Å². The van der Waals surface area contributed by atoms with Crippen molar-refractivity contribution in [3.8, 4) is 5.75 Å². The predicted octanol–water partition coefficient (Wildman–Crippen LogP) is 1.49. The van der Waals surface area contributed by atoms with E-state index in [0.717, 1.165) is 30.2 Å². The van der Waals surface area contributed by atoms with Crippen LogP contribution in [0.15, 0.2) is 30.6 Å². The SMILES string of the molecule is CN(C)c1ncccc1O[C@H]1CCN(C(=O)CCc2ccnn2C)C1. The van der Waals surface area contributed by atoms with Crippen LogP contribution in [0.5, 0.6) is 5.75 Å². The molecule has 3 rings (SSSR count). The Morgan fingerprint density at radius 2 is 2.20 bits per heavy atom. The average molecular weight is 343 g/mol. The molecule has 1 aliphatic rings. The van der Waals surface area contributed by atoms with Gasteiger partial charge in [-0.25, -0.2) is 4.98 Å². The number of ether oxygens (including phenoxy) is 1. The van der Waals surface area contributed by atoms with Gasteiger partial charge in [-0.3, -0.25) is 9.48 Å². The predicted molar refractivity (Wildman–Crippen MR) is 95.7 cm³/mol. The van der Waals surface area contributed by atoms with E-state index in [1.807, 2.05) is 53.8 Å². The fourth-order valence-corrected chi connectivity index (χ4v) is 3.08. The number of carbonyl (C=O) groups is 1. The van der Waals surface area contributed by atoms with Crippen LogP contribution in [0.4, 0.5) is 5.82 Å². The van der Waals surface area contributed by atoms with Crippen molar-refractivity contribution in [3.05, 3.63) is 36.3 Å². The van der Waals surface area contributed by atoms with Crippen LogP contribution in [-0.4, -0.2) is 58.9 Å². The lowest BCUT2D eigenvalue weighted by Gasteiger charge is -2.20. The van der Waals surface area contributed by atoms with Gasteiger partial charge in [0.05, 0.1) is 6.54 Å². The number of rotatable bonds is 6. The molecular formula is C18H25N5O2. The maximum absolute atomic E-state index is 12.4. The van der Waals surface area contributed by atoms with Gasteiger partial charge in [0.25, 0.3) is 0 Å². The first-order valence-corrected chi connectivity index (χ1v) is 8.58. The average Bonchev–Trinajstić information content (AvgIpc) is 3.22. The molecule has 25 heavy (non-hydrogen) atoms. The molecule has 1 saturated heterocycles. The second kappa shape index (κ2) is 7.55. The molecule has 0 radical (unpaired) electrons. The van der Waals surface area contributed by atoms with Crippen LogP contribution in [0.2, 0.25) is 0 Å². The van der Waals surface area contributed by atoms with Crippen LogP contribution < -0.4 is 9.64 Å². The lowest BCUT2D eigenvalue weighted by molar-refractivity contribution is -0.130. The van der Waals surface area contributed by atoms with Gasteiger partial charge < -0.3 is 14.5 Å². The van der Waals surface area contributed by atoms with E-state index in [1.165, 1.54) is 0 Å². The van der Waals surface area contributed by atoms with Gasteiger partial charge in [-0.1, -0.05) is 0 Å². The minimum atomic E-state index is 0.0172. The lowest BCUT2D eigenvalue weighted by Crippen LogP contribution is -2.31. The molecule has 0 N–H and O–H groups in total. The summed E-state index contributed by atoms with van der Waals surface area (Å²) in [6.45, 7) is 1.37. The second-order valence-corrected chi connectivity index (χ2v) is 6.53. The fraction of sp³-hybridized carbons (Fsp3) is 0.500. The molecular weight excluding hydrogens is 318 g/mol. The van der Waals surface area contributed by atoms with Crippen molar-refractivity contribution in [2.24, 2.45) is 7.05 Å². The summed E-state index contributed by atoms with van der Waals surface area (Å²) in [6.07, 6.45) is 5.59. The Labute approximate surface area is 148 Å². The van der Waals surface area contributed by atoms with Crippen molar-refractivity contribution < 1.29 is 9.53 Å². The Balaban J connectivity index is 1.53. The van der Waals surface area contributed by atoms with Gasteiger partial charge in [0, 0.05) is 58.6 Å². The van der Waals surface area contributed by atoms with Crippen LogP contribution in [0.25, 0.3) is 0 Å². The normalized spacial score (nSPS) is 16.9. The Morgan fingerprint density at radius 3 is 2.92 bits per heavy atom. The lowest BCUT2D eigenvalue weighted by atomic mass is 10.2. The molecule has 0 saturated carbocycles. The van der Waals surface area contributed by atoms with Gasteiger partial charge in [-0.05, 0) is 24.6 Å². The summed E-state index contributed by atoms with van der Waals surface area (Å²) in [5.74, 6) is 1.75. The molecule has 2 aromatic rings. The summed E-state index contributed by atoms with van der Waals surface area (Å²) in [5.41, 5.74) is 1.08. The number of hydrogen-bond donors (Lipinski definition) is 0. The standard InChI is InChI=1S/C18H25N5O2/c1-21(2)18-16(5-4-10-19-18)25-15-9-12-23(13-15)17(24)7-6-14-8-11-20-22(14)3/h4-5,8,10-11,15H,6-7,9,12-13H2,1-3H3/t15-/m0/s1. The second-order valence-electron chi connectivity index (χ2n) is 6.53. The summed E-state index contributed by atoms with van der Waals surface area (Å²) >= 11 is 0. The van der Waals surface area contributed by atoms with Gasteiger partial charge in [0.2, 0.25) is 5.91 Å². The summed E-state index contributed by atoms with van der Waals surface area (Å²) in [5, 5.41) is 4.14. The molecule has 1 amide bonds. The van der Waals surface area contributed by atoms with E-state index in [4.69, 9.17) is 4.74 Å². The first kappa shape index (κ1) is 17.3. The van der Waals surface area contributed by atoms with E-state index < -0.39 is 0 Å². The highest BCUT2D eigenvalue weighted by molar-refractivity contribution is 5.76. The Morgan fingerprint density at radius 1 is 1.36 bits per heavy atom. The highest BCUT2D eigenvalue weighted by atomic mass is 16.5. The number of aromatic nitrogens is 3. The zero-order valence-electron chi connectivity index (χ0n) is 15.1. The van der Waals surface area contributed by atoms with Crippen LogP contribution >= 0.6 is 0 Å². The monoisotopic (exact) mass is 343 g/mol. The third-order valence-electron chi connectivity index (χ3n) is 4.48. The zero-order valence-corrected chi connectivity index (χ0v) is 15.1. The summed E-state index contributed by atoms with van der Waals surface area (Å²) in [4.78, 5) is 20.6. The molecule has 0 aromatic carbocycles. The third-order valence-corrected chi connectivity index (χ3v) is 4.48. The largest absolute Gasteiger partial charge is 0.485 e. The fourth-order valence-electron chi connectivity index (χ4n) is 3.08. The van der Waals surface area contributed by atoms with Crippen molar-refractivity contribution in [2.75, 3.05) is 32.1 Å². The van der Waals surface area contributed by atoms with Crippen molar-refractivity contribution in [1.82, 2.24) is 19.7 Å². The third kappa shape index (κ3) is 4.10. The van der Waals surface area contributed by atoms with E-state index in [9.17, 15) is 4.79 Å². The Kier molecular flexibility index (Phi) is 5.21. The molecule has 134 valence electrons. The maximum atomic E-state index is 12.4. The van der Waals surface area contributed by atoms with Crippen LogP contribution in [0, 0.1) is 0 Å². The quantitative estimate of drug-likeness (QED) is 0.795. The highest BCUT2D eigenvalue weighted by Crippen LogP contribution is 2.26. The molecule has 7 nitrogen and oxygen atoms in total. The zero-order chi connectivity index (χ0) is 17.8. The Hall–Kier alpha value is -2.57. The van der Waals surface area contributed by atoms with E-state index in [0.29, 0.717) is 19.4 Å². The Bertz CT molecular complexity index is 728. The number of hydrogen-bond acceptors (Lipinski definition) is 5. The van der Waals surface area contributed by atoms with Gasteiger partial charge in [-0.15, -0.1) is 0 Å². The first-order chi connectivity index (χ1) is 12.0. The van der Waals surface area contributed by atoms with Crippen molar-refractivity contribution in [2.45, 2.75) is 25.4 Å². The number of pyridine rings is 1. The molecule has 1 aliphatic heterocycles. The number of anilines is 1. The van der Waals surface area contributed by atoms with Gasteiger partial charge in [0.1, 0.15) is 6.10 Å². The first-order valence-electron chi connectivity index (χ1n) is 8.58. The molecule has 0 unspecified atom stereocenters. The van der Waals surface area contributed by atoms with Gasteiger partial charge >= 0.3 is 0 Å². The van der Waals surface area contributed by atoms with Crippen LogP contribution in [0.1, 0.15) is 18.5 Å². The smallest absolute Gasteiger partial charge is 0.223 e. The van der Waals surface area contributed by atoms with Crippen molar-refractivity contribution in [1.29, 1.82) is 0 Å². The maximum Gasteiger partial charge on any atom is 0.223 e. The number of carbonyl (C=O) groups excluding carboxylic acids is 1. The highest BCUT2D eigenvalue weighted by Gasteiger charge is 2.28. The van der Waals surface area contributed by atoms with Crippen LogP contribution in [-0.2, 0) is 18.3 Å². The number of amides is 1. The summed E-state index contributed by atoms with van der Waals surface area (Å²) in [6, 6.07) is 5.75. The van der Waals surface area contributed by atoms with E-state index in [1.54, 1.807) is 12.4 Å². The van der Waals surface area contributed by atoms with Gasteiger partial charge in [-0.2, -0.15) is 5.10 Å². The number of likely N-dealkylation sites (tertiary alicyclic amines) is 1. The van der Waals surface area contributed by atoms with Gasteiger partial charge in [0.15, 0.2) is 11.6 Å². The van der Waals surface area contributed by atoms with E-state index in [-0.39, 0.29) is 12.0 Å². The minimum absolute atomic E-state index is 0.0172. The molecule has 2 aromatic heterocycles. The van der Waals surface area contributed by atoms with Crippen LogP contribution in [0.3, 0.4) is 0 Å². The molecule has 7 heteroatoms.